The van der Waals surface area contributed by atoms with E-state index in [4.69, 9.17) is 4.74 Å². The first-order valence-corrected chi connectivity index (χ1v) is 12.2. The molecule has 0 aromatic heterocycles. The van der Waals surface area contributed by atoms with Crippen LogP contribution in [0.5, 0.6) is 5.75 Å². The van der Waals surface area contributed by atoms with Crippen LogP contribution in [-0.4, -0.2) is 24.7 Å². The first kappa shape index (κ1) is 22.9. The predicted molar refractivity (Wildman–Crippen MR) is 135 cm³/mol. The summed E-state index contributed by atoms with van der Waals surface area (Å²) in [6.07, 6.45) is 2.23. The molecule has 0 spiro atoms. The minimum absolute atomic E-state index is 0.0855. The number of methoxy groups -OCH3 is 1. The van der Waals surface area contributed by atoms with Crippen molar-refractivity contribution in [1.82, 2.24) is 0 Å². The van der Waals surface area contributed by atoms with Crippen LogP contribution >= 0.6 is 11.8 Å². The Kier molecular flexibility index (Phi) is 7.35. The molecule has 3 aromatic rings. The van der Waals surface area contributed by atoms with Gasteiger partial charge >= 0.3 is 0 Å². The van der Waals surface area contributed by atoms with E-state index in [0.29, 0.717) is 5.75 Å². The summed E-state index contributed by atoms with van der Waals surface area (Å²) in [7, 11) is 1.62. The minimum atomic E-state index is -0.117. The molecule has 0 radical (unpaired) electrons. The SMILES string of the molecule is CCCc1ccccc1N1C(=O)CSC1c1cccc(NC(=O)Cc2ccc(OC)cc2)c1. The first-order valence-electron chi connectivity index (χ1n) is 11.1. The number of nitrogens with one attached hydrogen (secondary N) is 1. The number of nitrogens with zero attached hydrogens (tertiary/aromatic N) is 1. The van der Waals surface area contributed by atoms with E-state index in [-0.39, 0.29) is 23.6 Å². The van der Waals surface area contributed by atoms with E-state index in [1.165, 1.54) is 5.56 Å². The van der Waals surface area contributed by atoms with Crippen LogP contribution in [0.3, 0.4) is 0 Å². The topological polar surface area (TPSA) is 58.6 Å². The van der Waals surface area contributed by atoms with Gasteiger partial charge in [0.15, 0.2) is 0 Å². The summed E-state index contributed by atoms with van der Waals surface area (Å²) >= 11 is 1.62. The number of aryl methyl sites for hydroxylation is 1. The van der Waals surface area contributed by atoms with E-state index in [1.54, 1.807) is 18.9 Å². The molecule has 1 heterocycles. The Bertz CT molecular complexity index is 1130. The Morgan fingerprint density at radius 1 is 1.09 bits per heavy atom. The fraction of sp³-hybridized carbons (Fsp3) is 0.259. The van der Waals surface area contributed by atoms with E-state index in [0.717, 1.165) is 41.1 Å². The van der Waals surface area contributed by atoms with Crippen molar-refractivity contribution in [2.75, 3.05) is 23.1 Å². The number of amides is 2. The van der Waals surface area contributed by atoms with E-state index >= 15 is 0 Å². The number of carbonyl (C=O) groups is 2. The number of benzene rings is 3. The molecule has 2 amide bonds. The molecular weight excluding hydrogens is 432 g/mol. The fourth-order valence-electron chi connectivity index (χ4n) is 4.06. The van der Waals surface area contributed by atoms with Gasteiger partial charge in [-0.25, -0.2) is 0 Å². The summed E-state index contributed by atoms with van der Waals surface area (Å²) in [5.74, 6) is 1.24. The zero-order valence-corrected chi connectivity index (χ0v) is 19.7. The highest BCUT2D eigenvalue weighted by atomic mass is 32.2. The molecule has 1 saturated heterocycles. The number of para-hydroxylation sites is 1. The summed E-state index contributed by atoms with van der Waals surface area (Å²) in [6.45, 7) is 2.15. The van der Waals surface area contributed by atoms with Gasteiger partial charge in [-0.3, -0.25) is 14.5 Å². The van der Waals surface area contributed by atoms with Crippen LogP contribution in [0.1, 0.15) is 35.4 Å². The number of hydrogen-bond donors (Lipinski definition) is 1. The molecule has 5 nitrogen and oxygen atoms in total. The van der Waals surface area contributed by atoms with E-state index in [2.05, 4.69) is 18.3 Å². The summed E-state index contributed by atoms with van der Waals surface area (Å²) in [4.78, 5) is 27.4. The van der Waals surface area contributed by atoms with Crippen molar-refractivity contribution in [1.29, 1.82) is 0 Å². The highest BCUT2D eigenvalue weighted by Gasteiger charge is 2.35. The van der Waals surface area contributed by atoms with E-state index in [1.807, 2.05) is 71.6 Å². The van der Waals surface area contributed by atoms with Crippen molar-refractivity contribution in [2.24, 2.45) is 0 Å². The van der Waals surface area contributed by atoms with Crippen molar-refractivity contribution >= 4 is 35.0 Å². The Hall–Kier alpha value is -3.25. The van der Waals surface area contributed by atoms with Gasteiger partial charge < -0.3 is 10.1 Å². The van der Waals surface area contributed by atoms with Crippen molar-refractivity contribution in [3.8, 4) is 5.75 Å². The first-order chi connectivity index (χ1) is 16.1. The van der Waals surface area contributed by atoms with Crippen LogP contribution in [0.4, 0.5) is 11.4 Å². The maximum Gasteiger partial charge on any atom is 0.238 e. The zero-order valence-electron chi connectivity index (χ0n) is 18.9. The predicted octanol–water partition coefficient (Wildman–Crippen LogP) is 5.61. The van der Waals surface area contributed by atoms with Gasteiger partial charge in [0.2, 0.25) is 11.8 Å². The van der Waals surface area contributed by atoms with E-state index in [9.17, 15) is 9.59 Å². The molecule has 1 aliphatic heterocycles. The van der Waals surface area contributed by atoms with Gasteiger partial charge in [-0.05, 0) is 53.4 Å². The molecule has 4 rings (SSSR count). The molecule has 1 aliphatic rings. The lowest BCUT2D eigenvalue weighted by molar-refractivity contribution is -0.116. The molecule has 1 fully saturated rings. The summed E-state index contributed by atoms with van der Waals surface area (Å²) < 4.78 is 5.17. The van der Waals surface area contributed by atoms with Gasteiger partial charge in [0.1, 0.15) is 11.1 Å². The van der Waals surface area contributed by atoms with Gasteiger partial charge in [0.05, 0.1) is 19.3 Å². The summed E-state index contributed by atoms with van der Waals surface area (Å²) in [6, 6.07) is 23.4. The van der Waals surface area contributed by atoms with Crippen LogP contribution in [-0.2, 0) is 22.4 Å². The highest BCUT2D eigenvalue weighted by molar-refractivity contribution is 8.00. The Balaban J connectivity index is 1.51. The van der Waals surface area contributed by atoms with Gasteiger partial charge in [-0.1, -0.05) is 55.8 Å². The second-order valence-corrected chi connectivity index (χ2v) is 9.07. The fourth-order valence-corrected chi connectivity index (χ4v) is 5.22. The average Bonchev–Trinajstić information content (AvgIpc) is 3.21. The molecule has 33 heavy (non-hydrogen) atoms. The van der Waals surface area contributed by atoms with Gasteiger partial charge in [0.25, 0.3) is 0 Å². The second-order valence-electron chi connectivity index (χ2n) is 8.00. The van der Waals surface area contributed by atoms with Crippen LogP contribution in [0, 0.1) is 0 Å². The summed E-state index contributed by atoms with van der Waals surface area (Å²) in [5, 5.41) is 2.88. The molecule has 1 atom stereocenters. The third-order valence-electron chi connectivity index (χ3n) is 5.62. The monoisotopic (exact) mass is 460 g/mol. The molecule has 1 N–H and O–H groups in total. The quantitative estimate of drug-likeness (QED) is 0.475. The van der Waals surface area contributed by atoms with Crippen LogP contribution in [0.15, 0.2) is 72.8 Å². The highest BCUT2D eigenvalue weighted by Crippen LogP contribution is 2.43. The lowest BCUT2D eigenvalue weighted by Crippen LogP contribution is -2.28. The van der Waals surface area contributed by atoms with Crippen LogP contribution < -0.4 is 15.0 Å². The second kappa shape index (κ2) is 10.6. The maximum atomic E-state index is 12.9. The zero-order chi connectivity index (χ0) is 23.2. The molecule has 3 aromatic carbocycles. The standard InChI is InChI=1S/C27H28N2O3S/c1-3-7-20-8-4-5-11-24(20)29-26(31)18-33-27(29)21-9-6-10-22(17-21)28-25(30)16-19-12-14-23(32-2)15-13-19/h4-6,8-15,17,27H,3,7,16,18H2,1-2H3,(H,28,30). The number of hydrogen-bond acceptors (Lipinski definition) is 4. The van der Waals surface area contributed by atoms with Crippen molar-refractivity contribution in [3.63, 3.8) is 0 Å². The minimum Gasteiger partial charge on any atom is -0.497 e. The summed E-state index contributed by atoms with van der Waals surface area (Å²) in [5.41, 5.74) is 4.81. The lowest BCUT2D eigenvalue weighted by atomic mass is 10.1. The van der Waals surface area contributed by atoms with E-state index < -0.39 is 0 Å². The number of carbonyl (C=O) groups excluding carboxylic acids is 2. The number of rotatable bonds is 8. The van der Waals surface area contributed by atoms with Gasteiger partial charge in [0, 0.05) is 11.4 Å². The van der Waals surface area contributed by atoms with Crippen molar-refractivity contribution < 1.29 is 14.3 Å². The van der Waals surface area contributed by atoms with Gasteiger partial charge in [-0.2, -0.15) is 0 Å². The smallest absolute Gasteiger partial charge is 0.238 e. The van der Waals surface area contributed by atoms with Crippen LogP contribution in [0.2, 0.25) is 0 Å². The molecule has 0 bridgehead atoms. The lowest BCUT2D eigenvalue weighted by Gasteiger charge is -2.27. The molecule has 170 valence electrons. The van der Waals surface area contributed by atoms with Crippen molar-refractivity contribution in [2.45, 2.75) is 31.6 Å². The molecule has 6 heteroatoms. The molecular formula is C27H28N2O3S. The number of anilines is 2. The number of thioether (sulfide) groups is 1. The number of ether oxygens (including phenoxy) is 1. The molecule has 1 unspecified atom stereocenters. The Morgan fingerprint density at radius 2 is 1.88 bits per heavy atom. The van der Waals surface area contributed by atoms with Crippen LogP contribution in [0.25, 0.3) is 0 Å². The van der Waals surface area contributed by atoms with Gasteiger partial charge in [-0.15, -0.1) is 11.8 Å². The maximum absolute atomic E-state index is 12.9. The largest absolute Gasteiger partial charge is 0.497 e. The normalized spacial score (nSPS) is 15.5. The third kappa shape index (κ3) is 5.40. The Morgan fingerprint density at radius 3 is 2.64 bits per heavy atom. The Labute approximate surface area is 199 Å². The third-order valence-corrected chi connectivity index (χ3v) is 6.83. The average molecular weight is 461 g/mol. The molecule has 0 aliphatic carbocycles. The molecule has 0 saturated carbocycles. The van der Waals surface area contributed by atoms with Crippen molar-refractivity contribution in [3.05, 3.63) is 89.5 Å².